The molecule has 25 heavy (non-hydrogen) atoms. The van der Waals surface area contributed by atoms with Gasteiger partial charge in [-0.2, -0.15) is 0 Å². The average molecular weight is 341 g/mol. The van der Waals surface area contributed by atoms with Crippen molar-refractivity contribution in [1.82, 2.24) is 15.6 Å². The number of ether oxygens (including phenoxy) is 1. The van der Waals surface area contributed by atoms with E-state index in [2.05, 4.69) is 22.5 Å². The van der Waals surface area contributed by atoms with Gasteiger partial charge in [0, 0.05) is 30.8 Å². The van der Waals surface area contributed by atoms with Gasteiger partial charge < -0.3 is 15.4 Å². The second-order valence-electron chi connectivity index (χ2n) is 5.90. The van der Waals surface area contributed by atoms with Crippen LogP contribution in [-0.2, 0) is 6.54 Å². The van der Waals surface area contributed by atoms with Gasteiger partial charge in [-0.15, -0.1) is 0 Å². The molecule has 0 bridgehead atoms. The Morgan fingerprint density at radius 2 is 2.00 bits per heavy atom. The normalized spacial score (nSPS) is 11.8. The van der Waals surface area contributed by atoms with E-state index >= 15 is 0 Å². The average Bonchev–Trinajstić information content (AvgIpc) is 2.67. The van der Waals surface area contributed by atoms with E-state index in [1.54, 1.807) is 7.11 Å². The van der Waals surface area contributed by atoms with Gasteiger partial charge in [-0.1, -0.05) is 32.0 Å². The topological polar surface area (TPSA) is 63.2 Å². The molecule has 0 spiro atoms. The Morgan fingerprint density at radius 1 is 1.20 bits per heavy atom. The van der Waals surface area contributed by atoms with Gasteiger partial charge in [0.2, 0.25) is 5.88 Å². The second kappa shape index (κ2) is 9.79. The molecule has 0 saturated carbocycles. The van der Waals surface area contributed by atoms with Crippen LogP contribution in [0.15, 0.2) is 42.5 Å². The standard InChI is InChI=1S/C20H27N3O2/c1-4-12-21-20(24)16-9-6-8-15(13-16)14-22-17(5-2)18-10-7-11-19(23-18)25-3/h6-11,13,17,22H,4-5,12,14H2,1-3H3,(H,21,24). The van der Waals surface area contributed by atoms with Crippen molar-refractivity contribution in [2.24, 2.45) is 0 Å². The molecule has 1 heterocycles. The Hall–Kier alpha value is -2.40. The molecule has 2 N–H and O–H groups in total. The molecular formula is C20H27N3O2. The fourth-order valence-corrected chi connectivity index (χ4v) is 2.60. The Kier molecular flexibility index (Phi) is 7.41. The number of carbonyl (C=O) groups is 1. The lowest BCUT2D eigenvalue weighted by Gasteiger charge is -2.17. The highest BCUT2D eigenvalue weighted by Crippen LogP contribution is 2.18. The van der Waals surface area contributed by atoms with E-state index in [1.807, 2.05) is 49.4 Å². The number of amides is 1. The van der Waals surface area contributed by atoms with Crippen LogP contribution in [0.2, 0.25) is 0 Å². The molecule has 0 radical (unpaired) electrons. The van der Waals surface area contributed by atoms with E-state index in [9.17, 15) is 4.79 Å². The van der Waals surface area contributed by atoms with Crippen molar-refractivity contribution in [3.63, 3.8) is 0 Å². The Balaban J connectivity index is 2.02. The third-order valence-electron chi connectivity index (χ3n) is 4.00. The molecule has 0 aliphatic carbocycles. The number of nitrogens with zero attached hydrogens (tertiary/aromatic N) is 1. The fourth-order valence-electron chi connectivity index (χ4n) is 2.60. The molecule has 0 aliphatic heterocycles. The number of rotatable bonds is 9. The molecule has 1 unspecified atom stereocenters. The largest absolute Gasteiger partial charge is 0.481 e. The van der Waals surface area contributed by atoms with Crippen LogP contribution in [0.5, 0.6) is 5.88 Å². The highest BCUT2D eigenvalue weighted by Gasteiger charge is 2.12. The highest BCUT2D eigenvalue weighted by atomic mass is 16.5. The maximum atomic E-state index is 12.1. The highest BCUT2D eigenvalue weighted by molar-refractivity contribution is 5.94. The molecule has 1 aromatic heterocycles. The number of pyridine rings is 1. The number of hydrogen-bond acceptors (Lipinski definition) is 4. The van der Waals surface area contributed by atoms with Crippen LogP contribution in [0.25, 0.3) is 0 Å². The Bertz CT molecular complexity index is 688. The summed E-state index contributed by atoms with van der Waals surface area (Å²) in [5.41, 5.74) is 2.73. The van der Waals surface area contributed by atoms with E-state index in [-0.39, 0.29) is 11.9 Å². The lowest BCUT2D eigenvalue weighted by molar-refractivity contribution is 0.0953. The predicted octanol–water partition coefficient (Wildman–Crippen LogP) is 3.47. The number of carbonyl (C=O) groups excluding carboxylic acids is 1. The van der Waals surface area contributed by atoms with E-state index in [1.165, 1.54) is 0 Å². The summed E-state index contributed by atoms with van der Waals surface area (Å²) in [5.74, 6) is 0.595. The van der Waals surface area contributed by atoms with Crippen LogP contribution >= 0.6 is 0 Å². The summed E-state index contributed by atoms with van der Waals surface area (Å²) in [7, 11) is 1.62. The van der Waals surface area contributed by atoms with Crippen molar-refractivity contribution < 1.29 is 9.53 Å². The molecule has 5 nitrogen and oxygen atoms in total. The summed E-state index contributed by atoms with van der Waals surface area (Å²) in [4.78, 5) is 16.6. The van der Waals surface area contributed by atoms with Gasteiger partial charge in [0.1, 0.15) is 0 Å². The van der Waals surface area contributed by atoms with Crippen molar-refractivity contribution in [3.05, 3.63) is 59.3 Å². The molecular weight excluding hydrogens is 314 g/mol. The zero-order valence-corrected chi connectivity index (χ0v) is 15.2. The maximum Gasteiger partial charge on any atom is 0.251 e. The molecule has 2 rings (SSSR count). The van der Waals surface area contributed by atoms with Crippen molar-refractivity contribution >= 4 is 5.91 Å². The SMILES string of the molecule is CCCNC(=O)c1cccc(CNC(CC)c2cccc(OC)n2)c1. The summed E-state index contributed by atoms with van der Waals surface area (Å²) in [6.07, 6.45) is 1.84. The third-order valence-corrected chi connectivity index (χ3v) is 4.00. The van der Waals surface area contributed by atoms with Crippen LogP contribution in [0.1, 0.15) is 54.3 Å². The van der Waals surface area contributed by atoms with E-state index in [0.29, 0.717) is 24.5 Å². The first-order chi connectivity index (χ1) is 12.2. The maximum absolute atomic E-state index is 12.1. The molecule has 0 saturated heterocycles. The first-order valence-corrected chi connectivity index (χ1v) is 8.79. The quantitative estimate of drug-likeness (QED) is 0.733. The number of benzene rings is 1. The zero-order valence-electron chi connectivity index (χ0n) is 15.2. The van der Waals surface area contributed by atoms with Gasteiger partial charge in [0.05, 0.1) is 12.8 Å². The number of methoxy groups -OCH3 is 1. The van der Waals surface area contributed by atoms with Gasteiger partial charge in [0.15, 0.2) is 0 Å². The molecule has 1 aromatic carbocycles. The summed E-state index contributed by atoms with van der Waals surface area (Å²) < 4.78 is 5.20. The minimum Gasteiger partial charge on any atom is -0.481 e. The van der Waals surface area contributed by atoms with Gasteiger partial charge in [-0.3, -0.25) is 4.79 Å². The fraction of sp³-hybridized carbons (Fsp3) is 0.400. The summed E-state index contributed by atoms with van der Waals surface area (Å²) in [6.45, 7) is 5.53. The van der Waals surface area contributed by atoms with E-state index < -0.39 is 0 Å². The van der Waals surface area contributed by atoms with Crippen LogP contribution in [-0.4, -0.2) is 24.5 Å². The first kappa shape index (κ1) is 18.9. The summed E-state index contributed by atoms with van der Waals surface area (Å²) in [5, 5.41) is 6.42. The van der Waals surface area contributed by atoms with Crippen LogP contribution in [0.4, 0.5) is 0 Å². The van der Waals surface area contributed by atoms with Gasteiger partial charge in [0.25, 0.3) is 5.91 Å². The van der Waals surface area contributed by atoms with Crippen molar-refractivity contribution in [2.45, 2.75) is 39.3 Å². The second-order valence-corrected chi connectivity index (χ2v) is 5.90. The third kappa shape index (κ3) is 5.57. The molecule has 134 valence electrons. The summed E-state index contributed by atoms with van der Waals surface area (Å²) in [6, 6.07) is 13.6. The molecule has 2 aromatic rings. The van der Waals surface area contributed by atoms with Gasteiger partial charge >= 0.3 is 0 Å². The minimum absolute atomic E-state index is 0.0230. The van der Waals surface area contributed by atoms with Crippen LogP contribution in [0, 0.1) is 0 Å². The predicted molar refractivity (Wildman–Crippen MR) is 99.7 cm³/mol. The number of nitrogens with one attached hydrogen (secondary N) is 2. The zero-order chi connectivity index (χ0) is 18.1. The molecule has 5 heteroatoms. The number of hydrogen-bond donors (Lipinski definition) is 2. The summed E-state index contributed by atoms with van der Waals surface area (Å²) >= 11 is 0. The van der Waals surface area contributed by atoms with Crippen molar-refractivity contribution in [2.75, 3.05) is 13.7 Å². The first-order valence-electron chi connectivity index (χ1n) is 8.79. The lowest BCUT2D eigenvalue weighted by Crippen LogP contribution is -2.24. The van der Waals surface area contributed by atoms with Gasteiger partial charge in [-0.25, -0.2) is 4.98 Å². The number of aromatic nitrogens is 1. The lowest BCUT2D eigenvalue weighted by atomic mass is 10.1. The molecule has 0 aliphatic rings. The van der Waals surface area contributed by atoms with E-state index in [0.717, 1.165) is 24.1 Å². The van der Waals surface area contributed by atoms with Crippen LogP contribution in [0.3, 0.4) is 0 Å². The Morgan fingerprint density at radius 3 is 2.72 bits per heavy atom. The molecule has 0 fully saturated rings. The molecule has 1 atom stereocenters. The Labute approximate surface area is 149 Å². The van der Waals surface area contributed by atoms with Crippen LogP contribution < -0.4 is 15.4 Å². The monoisotopic (exact) mass is 341 g/mol. The van der Waals surface area contributed by atoms with Gasteiger partial charge in [-0.05, 0) is 36.6 Å². The molecule has 1 amide bonds. The van der Waals surface area contributed by atoms with Crippen molar-refractivity contribution in [3.8, 4) is 5.88 Å². The van der Waals surface area contributed by atoms with E-state index in [4.69, 9.17) is 4.74 Å². The minimum atomic E-state index is -0.0230. The smallest absolute Gasteiger partial charge is 0.251 e. The van der Waals surface area contributed by atoms with Crippen molar-refractivity contribution in [1.29, 1.82) is 0 Å².